The van der Waals surface area contributed by atoms with E-state index in [0.717, 1.165) is 31.4 Å². The van der Waals surface area contributed by atoms with Gasteiger partial charge in [-0.1, -0.05) is 84.7 Å². The van der Waals surface area contributed by atoms with Gasteiger partial charge in [0.25, 0.3) is 5.91 Å². The molecule has 1 aliphatic rings. The molecule has 3 amide bonds. The molecule has 3 rings (SSSR count). The summed E-state index contributed by atoms with van der Waals surface area (Å²) in [6.45, 7) is 12.6. The molecule has 1 aromatic carbocycles. The summed E-state index contributed by atoms with van der Waals surface area (Å²) in [5, 5.41) is 19.3. The lowest BCUT2D eigenvalue weighted by molar-refractivity contribution is -0.160. The van der Waals surface area contributed by atoms with Crippen LogP contribution in [0.15, 0.2) is 35.7 Å². The molecule has 0 bridgehead atoms. The topological polar surface area (TPSA) is 141 Å². The Balaban J connectivity index is 1.80. The molecule has 49 heavy (non-hydrogen) atoms. The van der Waals surface area contributed by atoms with Gasteiger partial charge in [0.05, 0.1) is 6.04 Å². The quantitative estimate of drug-likeness (QED) is 0.147. The summed E-state index contributed by atoms with van der Waals surface area (Å²) in [6.07, 6.45) is 3.24. The van der Waals surface area contributed by atoms with E-state index >= 15 is 0 Å². The number of carbonyl (C=O) groups is 4. The zero-order valence-electron chi connectivity index (χ0n) is 30.3. The maximum atomic E-state index is 14.5. The van der Waals surface area contributed by atoms with Crippen LogP contribution in [0, 0.1) is 17.8 Å². The Morgan fingerprint density at radius 1 is 1.10 bits per heavy atom. The number of likely N-dealkylation sites (N-methyl/N-ethyl adjacent to an activating group) is 1. The first-order valence-corrected chi connectivity index (χ1v) is 18.6. The summed E-state index contributed by atoms with van der Waals surface area (Å²) in [5.41, 5.74) is 1.33. The summed E-state index contributed by atoms with van der Waals surface area (Å²) >= 11 is 1.18. The number of ether oxygens (including phenoxy) is 1. The van der Waals surface area contributed by atoms with Crippen LogP contribution in [0.25, 0.3) is 0 Å². The monoisotopic (exact) mass is 699 g/mol. The molecule has 1 aromatic heterocycles. The van der Waals surface area contributed by atoms with Crippen LogP contribution >= 0.6 is 11.3 Å². The van der Waals surface area contributed by atoms with Gasteiger partial charge in [0.2, 0.25) is 11.8 Å². The van der Waals surface area contributed by atoms with Crippen LogP contribution in [0.3, 0.4) is 0 Å². The van der Waals surface area contributed by atoms with Gasteiger partial charge >= 0.3 is 5.97 Å². The number of nitrogens with zero attached hydrogens (tertiary/aromatic N) is 3. The van der Waals surface area contributed by atoms with Gasteiger partial charge in [0.1, 0.15) is 22.8 Å². The van der Waals surface area contributed by atoms with E-state index in [4.69, 9.17) is 4.74 Å². The van der Waals surface area contributed by atoms with E-state index in [1.54, 1.807) is 5.38 Å². The Morgan fingerprint density at radius 2 is 1.82 bits per heavy atom. The van der Waals surface area contributed by atoms with E-state index in [9.17, 15) is 24.3 Å². The van der Waals surface area contributed by atoms with Gasteiger partial charge in [-0.25, -0.2) is 4.98 Å². The molecule has 0 unspecified atom stereocenters. The Bertz CT molecular complexity index is 1350. The fraction of sp³-hybridized carbons (Fsp3) is 0.649. The number of esters is 1. The molecule has 0 saturated carbocycles. The fourth-order valence-electron chi connectivity index (χ4n) is 6.06. The van der Waals surface area contributed by atoms with Crippen molar-refractivity contribution in [1.82, 2.24) is 25.4 Å². The number of thiazole rings is 1. The zero-order valence-corrected chi connectivity index (χ0v) is 31.1. The van der Waals surface area contributed by atoms with Crippen molar-refractivity contribution in [3.63, 3.8) is 0 Å². The van der Waals surface area contributed by atoms with Crippen LogP contribution in [-0.4, -0.2) is 88.6 Å². The number of aliphatic hydroxyl groups excluding tert-OH is 1. The highest BCUT2D eigenvalue weighted by Crippen LogP contribution is 2.29. The van der Waals surface area contributed by atoms with Crippen molar-refractivity contribution < 1.29 is 29.0 Å². The van der Waals surface area contributed by atoms with Gasteiger partial charge in [-0.3, -0.25) is 24.1 Å². The number of nitrogens with one attached hydrogen (secondary N) is 2. The van der Waals surface area contributed by atoms with Gasteiger partial charge in [0, 0.05) is 30.8 Å². The number of benzene rings is 1. The first kappa shape index (κ1) is 40.1. The highest BCUT2D eigenvalue weighted by atomic mass is 32.1. The maximum absolute atomic E-state index is 14.5. The van der Waals surface area contributed by atoms with Gasteiger partial charge in [-0.15, -0.1) is 11.3 Å². The average molecular weight is 700 g/mol. The predicted octanol–water partition coefficient (Wildman–Crippen LogP) is 4.95. The maximum Gasteiger partial charge on any atom is 0.307 e. The number of likely N-dealkylation sites (tertiary alicyclic amines) is 1. The van der Waals surface area contributed by atoms with E-state index in [-0.39, 0.29) is 66.8 Å². The molecule has 1 saturated heterocycles. The molecule has 0 spiro atoms. The number of aromatic nitrogens is 1. The van der Waals surface area contributed by atoms with Gasteiger partial charge in [-0.05, 0) is 56.2 Å². The number of amides is 3. The van der Waals surface area contributed by atoms with E-state index < -0.39 is 24.2 Å². The number of piperidine rings is 1. The standard InChI is InChI=1S/C37H57N5O6S/c1-8-26(6)33(40-35(46)29-16-12-13-19-41(29)7)37(47)42(23-48-32(44)20-24(2)3)30(25(4)5)21-31(43)36-39-28(22-49-36)34(45)38-18-17-27-14-10-9-11-15-27/h9-11,14-15,22,24-26,29-31,33,43H,8,12-13,16-21,23H2,1-7H3,(H,38,45)(H,40,46)/t26-,29+,30+,31+,33-/m0/s1. The Morgan fingerprint density at radius 3 is 2.45 bits per heavy atom. The van der Waals surface area contributed by atoms with Crippen LogP contribution in [0.2, 0.25) is 0 Å². The summed E-state index contributed by atoms with van der Waals surface area (Å²) < 4.78 is 5.66. The number of hydrogen-bond acceptors (Lipinski definition) is 9. The second kappa shape index (κ2) is 19.7. The van der Waals surface area contributed by atoms with Crippen LogP contribution in [0.5, 0.6) is 0 Å². The van der Waals surface area contributed by atoms with Crippen molar-refractivity contribution in [2.75, 3.05) is 26.9 Å². The van der Waals surface area contributed by atoms with Crippen molar-refractivity contribution in [2.24, 2.45) is 17.8 Å². The largest absolute Gasteiger partial charge is 0.444 e. The second-order valence-electron chi connectivity index (χ2n) is 14.0. The van der Waals surface area contributed by atoms with Crippen molar-refractivity contribution in [2.45, 2.75) is 111 Å². The Kier molecular flexibility index (Phi) is 16.1. The predicted molar refractivity (Wildman–Crippen MR) is 192 cm³/mol. The fourth-order valence-corrected chi connectivity index (χ4v) is 6.86. The summed E-state index contributed by atoms with van der Waals surface area (Å²) in [5.74, 6) is -1.56. The number of hydrogen-bond donors (Lipinski definition) is 3. The average Bonchev–Trinajstić information content (AvgIpc) is 3.57. The number of aliphatic hydroxyl groups is 1. The molecule has 1 fully saturated rings. The minimum absolute atomic E-state index is 0.0774. The van der Waals surface area contributed by atoms with E-state index in [1.807, 2.05) is 83.8 Å². The smallest absolute Gasteiger partial charge is 0.307 e. The zero-order chi connectivity index (χ0) is 36.1. The summed E-state index contributed by atoms with van der Waals surface area (Å²) in [4.78, 5) is 61.5. The Labute approximate surface area is 296 Å². The third kappa shape index (κ3) is 12.2. The van der Waals surface area contributed by atoms with Crippen LogP contribution in [0.4, 0.5) is 0 Å². The Hall–Kier alpha value is -3.35. The molecular weight excluding hydrogens is 643 g/mol. The third-order valence-corrected chi connectivity index (χ3v) is 10.2. The molecule has 0 aliphatic carbocycles. The number of rotatable bonds is 18. The van der Waals surface area contributed by atoms with Gasteiger partial charge < -0.3 is 25.4 Å². The molecule has 0 radical (unpaired) electrons. The van der Waals surface area contributed by atoms with E-state index in [2.05, 4.69) is 15.6 Å². The minimum atomic E-state index is -1.09. The lowest BCUT2D eigenvalue weighted by atomic mass is 9.92. The van der Waals surface area contributed by atoms with Crippen molar-refractivity contribution in [1.29, 1.82) is 0 Å². The lowest BCUT2D eigenvalue weighted by Crippen LogP contribution is -2.59. The molecule has 11 nitrogen and oxygen atoms in total. The molecule has 12 heteroatoms. The molecule has 1 aliphatic heterocycles. The lowest BCUT2D eigenvalue weighted by Gasteiger charge is -2.39. The normalized spacial score (nSPS) is 17.6. The minimum Gasteiger partial charge on any atom is -0.444 e. The van der Waals surface area contributed by atoms with Crippen molar-refractivity contribution >= 4 is 35.0 Å². The first-order chi connectivity index (χ1) is 23.3. The SMILES string of the molecule is CC[C@H](C)[C@H](NC(=O)[C@H]1CCCCN1C)C(=O)N(COC(=O)CC(C)C)[C@H](C[C@@H](O)c1nc(C(=O)NCCc2ccccc2)cs1)C(C)C. The van der Waals surface area contributed by atoms with Crippen molar-refractivity contribution in [3.8, 4) is 0 Å². The van der Waals surface area contributed by atoms with Crippen molar-refractivity contribution in [3.05, 3.63) is 52.0 Å². The molecule has 3 N–H and O–H groups in total. The highest BCUT2D eigenvalue weighted by molar-refractivity contribution is 7.09. The van der Waals surface area contributed by atoms with Crippen LogP contribution in [0.1, 0.15) is 107 Å². The summed E-state index contributed by atoms with van der Waals surface area (Å²) in [7, 11) is 1.93. The van der Waals surface area contributed by atoms with Crippen LogP contribution in [-0.2, 0) is 25.5 Å². The molecule has 2 heterocycles. The second-order valence-corrected chi connectivity index (χ2v) is 14.9. The third-order valence-electron chi connectivity index (χ3n) is 9.29. The molecule has 5 atom stereocenters. The van der Waals surface area contributed by atoms with E-state index in [1.165, 1.54) is 16.2 Å². The molecule has 272 valence electrons. The van der Waals surface area contributed by atoms with Gasteiger partial charge in [0.15, 0.2) is 6.73 Å². The van der Waals surface area contributed by atoms with E-state index in [0.29, 0.717) is 24.4 Å². The summed E-state index contributed by atoms with van der Waals surface area (Å²) in [6, 6.07) is 8.13. The molecule has 2 aromatic rings. The highest BCUT2D eigenvalue weighted by Gasteiger charge is 2.38. The molecular formula is C37H57N5O6S. The van der Waals surface area contributed by atoms with Gasteiger partial charge in [-0.2, -0.15) is 0 Å². The van der Waals surface area contributed by atoms with Crippen LogP contribution < -0.4 is 10.6 Å². The number of carbonyl (C=O) groups excluding carboxylic acids is 4. The first-order valence-electron chi connectivity index (χ1n) is 17.7.